The summed E-state index contributed by atoms with van der Waals surface area (Å²) in [5.74, 6) is 1.63. The lowest BCUT2D eigenvalue weighted by atomic mass is 9.97. The van der Waals surface area contributed by atoms with Crippen molar-refractivity contribution >= 4 is 43.6 Å². The van der Waals surface area contributed by atoms with Crippen LogP contribution < -0.4 is 0 Å². The van der Waals surface area contributed by atoms with Crippen molar-refractivity contribution in [2.75, 3.05) is 0 Å². The third kappa shape index (κ3) is 6.75. The third-order valence-corrected chi connectivity index (χ3v) is 13.4. The van der Waals surface area contributed by atoms with Crippen molar-refractivity contribution in [1.82, 2.24) is 24.1 Å². The van der Waals surface area contributed by atoms with E-state index >= 15 is 0 Å². The fraction of sp³-hybridized carbons (Fsp3) is 0.0645. The van der Waals surface area contributed by atoms with Crippen LogP contribution in [0.4, 0.5) is 0 Å². The molecule has 0 aliphatic heterocycles. The molecule has 0 spiro atoms. The van der Waals surface area contributed by atoms with Gasteiger partial charge in [0.25, 0.3) is 0 Å². The number of fused-ring (bicyclic) bond motifs is 6. The van der Waals surface area contributed by atoms with Crippen molar-refractivity contribution in [2.24, 2.45) is 0 Å². The molecule has 6 heteroatoms. The van der Waals surface area contributed by atoms with Crippen LogP contribution in [0.25, 0.3) is 111 Å². The van der Waals surface area contributed by atoms with Crippen molar-refractivity contribution in [3.05, 3.63) is 222 Å². The zero-order valence-electron chi connectivity index (χ0n) is 38.2. The number of nitrogens with zero attached hydrogens (tertiary/aromatic N) is 6. The standard InChI is InChI=1S/C62H44N6/c1-38-23-27-47(40(3)31-38)44-25-29-56-51(33-44)49-19-11-13-21-54(49)67(56)58-35-46(62-65-60(42-15-7-5-8-16-42)64-61(66-62)43-17-9-6-10-18-43)36-59(53(58)37-63)68-55-22-14-12-20-50(55)52-34-45(26-30-57(52)68)48-28-24-39(2)32-41(48)4/h5-36H,1-4H3. The summed E-state index contributed by atoms with van der Waals surface area (Å²) in [7, 11) is 0. The maximum absolute atomic E-state index is 11.7. The SMILES string of the molecule is Cc1ccc(-c2ccc3c(c2)c2ccccc2n3-c2cc(-c3nc(-c4ccccc4)nc(-c4ccccc4)n3)cc(-n3c4ccccc4c4cc(-c5ccc(C)cc5C)ccc43)c2C#N)c(C)c1. The molecule has 0 bridgehead atoms. The van der Waals surface area contributed by atoms with Crippen molar-refractivity contribution in [1.29, 1.82) is 5.26 Å². The molecule has 0 fully saturated rings. The molecule has 12 aromatic rings. The highest BCUT2D eigenvalue weighted by molar-refractivity contribution is 6.12. The van der Waals surface area contributed by atoms with Gasteiger partial charge in [-0.3, -0.25) is 0 Å². The maximum Gasteiger partial charge on any atom is 0.164 e. The van der Waals surface area contributed by atoms with E-state index in [4.69, 9.17) is 15.0 Å². The number of hydrogen-bond acceptors (Lipinski definition) is 4. The maximum atomic E-state index is 11.7. The predicted octanol–water partition coefficient (Wildman–Crippen LogP) is 15.5. The molecule has 0 aliphatic carbocycles. The highest BCUT2D eigenvalue weighted by atomic mass is 15.1. The number of para-hydroxylation sites is 2. The number of aromatic nitrogens is 5. The average Bonchev–Trinajstić information content (AvgIpc) is 3.88. The average molecular weight is 873 g/mol. The van der Waals surface area contributed by atoms with Gasteiger partial charge in [0, 0.05) is 38.2 Å². The lowest BCUT2D eigenvalue weighted by molar-refractivity contribution is 1.06. The van der Waals surface area contributed by atoms with Gasteiger partial charge in [-0.05, 0) is 110 Å². The van der Waals surface area contributed by atoms with E-state index in [0.717, 1.165) is 82.8 Å². The molecule has 0 unspecified atom stereocenters. The van der Waals surface area contributed by atoms with E-state index in [1.807, 2.05) is 60.7 Å². The molecule has 0 radical (unpaired) electrons. The summed E-state index contributed by atoms with van der Waals surface area (Å²) in [6.07, 6.45) is 0. The van der Waals surface area contributed by atoms with Crippen LogP contribution in [-0.4, -0.2) is 24.1 Å². The number of nitriles is 1. The number of rotatable bonds is 7. The topological polar surface area (TPSA) is 72.3 Å². The summed E-state index contributed by atoms with van der Waals surface area (Å²) in [6.45, 7) is 8.62. The minimum absolute atomic E-state index is 0.500. The van der Waals surface area contributed by atoms with Gasteiger partial charge in [-0.25, -0.2) is 15.0 Å². The van der Waals surface area contributed by atoms with E-state index in [9.17, 15) is 5.26 Å². The Bertz CT molecular complexity index is 3770. The van der Waals surface area contributed by atoms with Crippen molar-refractivity contribution in [2.45, 2.75) is 27.7 Å². The lowest BCUT2D eigenvalue weighted by Crippen LogP contribution is -2.07. The summed E-state index contributed by atoms with van der Waals surface area (Å²) >= 11 is 0. The monoisotopic (exact) mass is 872 g/mol. The van der Waals surface area contributed by atoms with Gasteiger partial charge in [0.15, 0.2) is 17.5 Å². The molecule has 9 aromatic carbocycles. The molecule has 0 saturated heterocycles. The summed E-state index contributed by atoms with van der Waals surface area (Å²) in [5.41, 5.74) is 18.1. The summed E-state index contributed by atoms with van der Waals surface area (Å²) < 4.78 is 4.51. The molecule has 0 atom stereocenters. The quantitative estimate of drug-likeness (QED) is 0.160. The Kier molecular flexibility index (Phi) is 9.67. The first-order chi connectivity index (χ1) is 33.3. The van der Waals surface area contributed by atoms with E-state index in [1.54, 1.807) is 0 Å². The number of benzene rings is 9. The molecular weight excluding hydrogens is 829 g/mol. The van der Waals surface area contributed by atoms with Crippen LogP contribution in [-0.2, 0) is 0 Å². The smallest absolute Gasteiger partial charge is 0.164 e. The first-order valence-electron chi connectivity index (χ1n) is 23.0. The van der Waals surface area contributed by atoms with Gasteiger partial charge >= 0.3 is 0 Å². The van der Waals surface area contributed by atoms with Gasteiger partial charge in [0.1, 0.15) is 11.6 Å². The first-order valence-corrected chi connectivity index (χ1v) is 23.0. The van der Waals surface area contributed by atoms with Crippen LogP contribution in [0.5, 0.6) is 0 Å². The Labute approximate surface area is 394 Å². The normalized spacial score (nSPS) is 11.5. The fourth-order valence-electron chi connectivity index (χ4n) is 10.2. The molecule has 0 aliphatic rings. The molecule has 12 rings (SSSR count). The Morgan fingerprint density at radius 1 is 0.353 bits per heavy atom. The first kappa shape index (κ1) is 40.6. The van der Waals surface area contributed by atoms with E-state index < -0.39 is 0 Å². The van der Waals surface area contributed by atoms with E-state index in [2.05, 4.69) is 176 Å². The van der Waals surface area contributed by atoms with Crippen LogP contribution in [0.1, 0.15) is 27.8 Å². The van der Waals surface area contributed by atoms with Crippen molar-refractivity contribution in [3.63, 3.8) is 0 Å². The van der Waals surface area contributed by atoms with E-state index in [-0.39, 0.29) is 0 Å². The second kappa shape index (κ2) is 16.2. The third-order valence-electron chi connectivity index (χ3n) is 13.4. The molecule has 0 N–H and O–H groups in total. The molecule has 0 saturated carbocycles. The Balaban J connectivity index is 1.18. The summed E-state index contributed by atoms with van der Waals surface area (Å²) in [4.78, 5) is 15.5. The van der Waals surface area contributed by atoms with Gasteiger partial charge in [-0.2, -0.15) is 5.26 Å². The van der Waals surface area contributed by atoms with E-state index in [1.165, 1.54) is 33.4 Å². The van der Waals surface area contributed by atoms with Crippen molar-refractivity contribution < 1.29 is 0 Å². The van der Waals surface area contributed by atoms with Crippen LogP contribution >= 0.6 is 0 Å². The molecule has 6 nitrogen and oxygen atoms in total. The zero-order chi connectivity index (χ0) is 46.0. The van der Waals surface area contributed by atoms with Gasteiger partial charge < -0.3 is 9.13 Å². The Morgan fingerprint density at radius 2 is 0.750 bits per heavy atom. The highest BCUT2D eigenvalue weighted by Gasteiger charge is 2.25. The van der Waals surface area contributed by atoms with Crippen LogP contribution in [0, 0.1) is 39.0 Å². The van der Waals surface area contributed by atoms with E-state index in [0.29, 0.717) is 23.0 Å². The van der Waals surface area contributed by atoms with Crippen LogP contribution in [0.3, 0.4) is 0 Å². The minimum atomic E-state index is 0.500. The van der Waals surface area contributed by atoms with Crippen molar-refractivity contribution in [3.8, 4) is 73.9 Å². The second-order valence-electron chi connectivity index (χ2n) is 17.8. The Hall–Kier alpha value is -8.92. The van der Waals surface area contributed by atoms with Gasteiger partial charge in [-0.15, -0.1) is 0 Å². The number of hydrogen-bond donors (Lipinski definition) is 0. The molecule has 68 heavy (non-hydrogen) atoms. The van der Waals surface area contributed by atoms with Gasteiger partial charge in [0.05, 0.1) is 33.4 Å². The zero-order valence-corrected chi connectivity index (χ0v) is 38.2. The largest absolute Gasteiger partial charge is 0.308 e. The Morgan fingerprint density at radius 3 is 1.18 bits per heavy atom. The molecule has 3 heterocycles. The van der Waals surface area contributed by atoms with Gasteiger partial charge in [0.2, 0.25) is 0 Å². The number of aryl methyl sites for hydroxylation is 4. The summed E-state index contributed by atoms with van der Waals surface area (Å²) in [5, 5.41) is 16.1. The minimum Gasteiger partial charge on any atom is -0.308 e. The molecule has 0 amide bonds. The highest BCUT2D eigenvalue weighted by Crippen LogP contribution is 2.42. The van der Waals surface area contributed by atoms with Crippen LogP contribution in [0.15, 0.2) is 194 Å². The van der Waals surface area contributed by atoms with Gasteiger partial charge in [-0.1, -0.05) is 157 Å². The molecule has 3 aromatic heterocycles. The predicted molar refractivity (Wildman–Crippen MR) is 279 cm³/mol. The molecule has 322 valence electrons. The molecular formula is C62H44N6. The second-order valence-corrected chi connectivity index (χ2v) is 17.8. The summed E-state index contributed by atoms with van der Waals surface area (Å²) in [6, 6.07) is 70.7. The van der Waals surface area contributed by atoms with Crippen LogP contribution in [0.2, 0.25) is 0 Å². The lowest BCUT2D eigenvalue weighted by Gasteiger charge is -2.18. The fourth-order valence-corrected chi connectivity index (χ4v) is 10.2.